The molecule has 0 atom stereocenters. The molecule has 0 saturated carbocycles. The van der Waals surface area contributed by atoms with E-state index < -0.39 is 5.69 Å². The van der Waals surface area contributed by atoms with Gasteiger partial charge < -0.3 is 19.9 Å². The van der Waals surface area contributed by atoms with Crippen molar-refractivity contribution in [1.29, 1.82) is 0 Å². The molecule has 5 rings (SSSR count). The van der Waals surface area contributed by atoms with Gasteiger partial charge in [-0.3, -0.25) is 18.5 Å². The number of aromatic nitrogens is 4. The lowest BCUT2D eigenvalue weighted by atomic mass is 10.1. The molecule has 10 nitrogen and oxygen atoms in total. The summed E-state index contributed by atoms with van der Waals surface area (Å²) in [6, 6.07) is 13.5. The molecule has 39 heavy (non-hydrogen) atoms. The van der Waals surface area contributed by atoms with Crippen molar-refractivity contribution in [2.24, 2.45) is 14.1 Å². The molecule has 1 N–H and O–H groups in total. The number of thiocarbonyl (C=S) groups is 1. The van der Waals surface area contributed by atoms with E-state index in [2.05, 4.69) is 15.1 Å². The van der Waals surface area contributed by atoms with Gasteiger partial charge in [0.1, 0.15) is 5.75 Å². The number of nitrogens with zero attached hydrogens (tertiary/aromatic N) is 6. The summed E-state index contributed by atoms with van der Waals surface area (Å²) >= 11 is 11.9. The van der Waals surface area contributed by atoms with Gasteiger partial charge in [0.05, 0.1) is 19.3 Å². The third-order valence-electron chi connectivity index (χ3n) is 7.04. The number of piperazine rings is 1. The number of imidazole rings is 1. The van der Waals surface area contributed by atoms with Crippen LogP contribution in [-0.2, 0) is 20.6 Å². The van der Waals surface area contributed by atoms with Gasteiger partial charge in [-0.2, -0.15) is 4.98 Å². The van der Waals surface area contributed by atoms with E-state index in [1.165, 1.54) is 11.6 Å². The summed E-state index contributed by atoms with van der Waals surface area (Å²) in [6.07, 6.45) is 0. The lowest BCUT2D eigenvalue weighted by molar-refractivity contribution is 0.386. The van der Waals surface area contributed by atoms with Crippen LogP contribution < -0.4 is 26.2 Å². The van der Waals surface area contributed by atoms with Crippen LogP contribution in [0, 0.1) is 6.92 Å². The average Bonchev–Trinajstić information content (AvgIpc) is 3.31. The highest BCUT2D eigenvalue weighted by molar-refractivity contribution is 7.80. The Morgan fingerprint density at radius 3 is 2.41 bits per heavy atom. The number of methoxy groups -OCH3 is 1. The van der Waals surface area contributed by atoms with Gasteiger partial charge in [0.25, 0.3) is 5.56 Å². The van der Waals surface area contributed by atoms with Crippen molar-refractivity contribution in [3.05, 3.63) is 79.5 Å². The van der Waals surface area contributed by atoms with Crippen LogP contribution in [0.4, 0.5) is 11.6 Å². The number of hydrogen-bond donors (Lipinski definition) is 1. The molecular weight excluding hydrogens is 538 g/mol. The second-order valence-corrected chi connectivity index (χ2v) is 10.4. The van der Waals surface area contributed by atoms with Crippen LogP contribution in [0.15, 0.2) is 52.1 Å². The van der Waals surface area contributed by atoms with E-state index in [4.69, 9.17) is 33.5 Å². The topological polar surface area (TPSA) is 89.6 Å². The van der Waals surface area contributed by atoms with Crippen LogP contribution in [-0.4, -0.2) is 62.0 Å². The Balaban J connectivity index is 1.44. The van der Waals surface area contributed by atoms with E-state index in [1.54, 1.807) is 32.4 Å². The molecule has 4 aromatic rings. The first-order valence-corrected chi connectivity index (χ1v) is 13.3. The van der Waals surface area contributed by atoms with Crippen molar-refractivity contribution in [2.75, 3.05) is 43.5 Å². The Hall–Kier alpha value is -3.83. The van der Waals surface area contributed by atoms with Crippen molar-refractivity contribution in [3.8, 4) is 5.75 Å². The van der Waals surface area contributed by atoms with Gasteiger partial charge in [-0.25, -0.2) is 4.79 Å². The van der Waals surface area contributed by atoms with Gasteiger partial charge in [0, 0.05) is 45.3 Å². The SMILES string of the molecule is COc1ccc(Cl)cc1NC(=S)N1CCN(c2nc3c(c(=O)n(C)c(=O)n3C)n2Cc2ccc(C)cc2)CC1. The van der Waals surface area contributed by atoms with E-state index in [0.29, 0.717) is 71.4 Å². The Kier molecular flexibility index (Phi) is 7.37. The van der Waals surface area contributed by atoms with Gasteiger partial charge in [0.2, 0.25) is 5.95 Å². The summed E-state index contributed by atoms with van der Waals surface area (Å²) < 4.78 is 9.91. The second kappa shape index (κ2) is 10.7. The molecule has 0 unspecified atom stereocenters. The number of nitrogens with one attached hydrogen (secondary N) is 1. The van der Waals surface area contributed by atoms with Crippen LogP contribution in [0.1, 0.15) is 11.1 Å². The van der Waals surface area contributed by atoms with Crippen LogP contribution in [0.25, 0.3) is 11.2 Å². The summed E-state index contributed by atoms with van der Waals surface area (Å²) in [5, 5.41) is 4.40. The molecule has 1 aliphatic heterocycles. The zero-order valence-corrected chi connectivity index (χ0v) is 23.8. The zero-order chi connectivity index (χ0) is 27.8. The molecule has 0 spiro atoms. The van der Waals surface area contributed by atoms with Crippen LogP contribution in [0.5, 0.6) is 5.75 Å². The lowest BCUT2D eigenvalue weighted by Gasteiger charge is -2.37. The molecule has 12 heteroatoms. The van der Waals surface area contributed by atoms with E-state index >= 15 is 0 Å². The van der Waals surface area contributed by atoms with Crippen molar-refractivity contribution < 1.29 is 4.74 Å². The summed E-state index contributed by atoms with van der Waals surface area (Å²) in [6.45, 7) is 5.02. The summed E-state index contributed by atoms with van der Waals surface area (Å²) in [5.41, 5.74) is 2.91. The minimum absolute atomic E-state index is 0.363. The predicted molar refractivity (Wildman–Crippen MR) is 159 cm³/mol. The molecule has 0 radical (unpaired) electrons. The highest BCUT2D eigenvalue weighted by atomic mass is 35.5. The second-order valence-electron chi connectivity index (χ2n) is 9.61. The molecule has 2 aromatic carbocycles. The summed E-state index contributed by atoms with van der Waals surface area (Å²) in [4.78, 5) is 35.0. The normalized spacial score (nSPS) is 13.7. The third kappa shape index (κ3) is 5.11. The first kappa shape index (κ1) is 26.8. The highest BCUT2D eigenvalue weighted by Crippen LogP contribution is 2.28. The number of benzene rings is 2. The Morgan fingerprint density at radius 2 is 1.74 bits per heavy atom. The molecular formula is C27H30ClN7O3S. The summed E-state index contributed by atoms with van der Waals surface area (Å²) in [7, 11) is 4.74. The van der Waals surface area contributed by atoms with E-state index in [0.717, 1.165) is 15.7 Å². The molecule has 204 valence electrons. The molecule has 2 aromatic heterocycles. The van der Waals surface area contributed by atoms with Gasteiger partial charge in [-0.1, -0.05) is 41.4 Å². The quantitative estimate of drug-likeness (QED) is 0.368. The van der Waals surface area contributed by atoms with Gasteiger partial charge in [0.15, 0.2) is 16.3 Å². The molecule has 1 aliphatic rings. The molecule has 0 amide bonds. The monoisotopic (exact) mass is 567 g/mol. The maximum Gasteiger partial charge on any atom is 0.332 e. The minimum atomic E-state index is -0.406. The van der Waals surface area contributed by atoms with Crippen molar-refractivity contribution >= 4 is 51.7 Å². The Morgan fingerprint density at radius 1 is 1.05 bits per heavy atom. The molecule has 1 saturated heterocycles. The summed E-state index contributed by atoms with van der Waals surface area (Å²) in [5.74, 6) is 1.30. The third-order valence-corrected chi connectivity index (χ3v) is 7.64. The number of halogens is 1. The minimum Gasteiger partial charge on any atom is -0.495 e. The molecule has 0 bridgehead atoms. The number of fused-ring (bicyclic) bond motifs is 1. The number of aryl methyl sites for hydroxylation is 2. The van der Waals surface area contributed by atoms with Crippen molar-refractivity contribution in [3.63, 3.8) is 0 Å². The Bertz CT molecular complexity index is 1670. The fraction of sp³-hybridized carbons (Fsp3) is 0.333. The van der Waals surface area contributed by atoms with Crippen LogP contribution in [0.3, 0.4) is 0 Å². The zero-order valence-electron chi connectivity index (χ0n) is 22.3. The fourth-order valence-electron chi connectivity index (χ4n) is 4.78. The maximum atomic E-state index is 13.3. The number of ether oxygens (including phenoxy) is 1. The standard InChI is InChI=1S/C27H30ClN7O3S/c1-17-5-7-18(8-6-17)16-35-22-23(31(2)27(37)32(3)24(22)36)30-25(35)33-11-13-34(14-12-33)26(39)29-20-15-19(28)9-10-21(20)38-4/h5-10,15H,11-14,16H2,1-4H3,(H,29,39). The first-order chi connectivity index (χ1) is 18.7. The Labute approximate surface area is 236 Å². The number of anilines is 2. The predicted octanol–water partition coefficient (Wildman–Crippen LogP) is 2.97. The number of rotatable bonds is 5. The smallest absolute Gasteiger partial charge is 0.332 e. The largest absolute Gasteiger partial charge is 0.495 e. The molecule has 3 heterocycles. The number of hydrogen-bond acceptors (Lipinski definition) is 6. The van der Waals surface area contributed by atoms with Crippen molar-refractivity contribution in [2.45, 2.75) is 13.5 Å². The van der Waals surface area contributed by atoms with Gasteiger partial charge in [-0.15, -0.1) is 0 Å². The molecule has 0 aliphatic carbocycles. The highest BCUT2D eigenvalue weighted by Gasteiger charge is 2.27. The van der Waals surface area contributed by atoms with Gasteiger partial charge in [-0.05, 0) is 42.9 Å². The fourth-order valence-corrected chi connectivity index (χ4v) is 5.25. The van der Waals surface area contributed by atoms with E-state index in [1.807, 2.05) is 35.8 Å². The maximum absolute atomic E-state index is 13.3. The molecule has 1 fully saturated rings. The van der Waals surface area contributed by atoms with Crippen molar-refractivity contribution in [1.82, 2.24) is 23.6 Å². The van der Waals surface area contributed by atoms with Gasteiger partial charge >= 0.3 is 5.69 Å². The van der Waals surface area contributed by atoms with Crippen LogP contribution in [0.2, 0.25) is 5.02 Å². The average molecular weight is 568 g/mol. The van der Waals surface area contributed by atoms with E-state index in [9.17, 15) is 9.59 Å². The van der Waals surface area contributed by atoms with Crippen LogP contribution >= 0.6 is 23.8 Å². The van der Waals surface area contributed by atoms with E-state index in [-0.39, 0.29) is 5.56 Å². The first-order valence-electron chi connectivity index (χ1n) is 12.5. The lowest BCUT2D eigenvalue weighted by Crippen LogP contribution is -2.50.